The third-order valence-electron chi connectivity index (χ3n) is 10.0. The van der Waals surface area contributed by atoms with Gasteiger partial charge in [0.25, 0.3) is 0 Å². The molecule has 0 aromatic rings. The summed E-state index contributed by atoms with van der Waals surface area (Å²) >= 11 is 0. The number of ether oxygens (including phenoxy) is 2. The number of nitrogens with two attached hydrogens (primary N) is 1. The van der Waals surface area contributed by atoms with E-state index in [0.717, 1.165) is 57.8 Å². The van der Waals surface area contributed by atoms with Crippen LogP contribution >= 0.6 is 7.82 Å². The number of rotatable bonds is 44. The lowest BCUT2D eigenvalue weighted by Crippen LogP contribution is -2.29. The summed E-state index contributed by atoms with van der Waals surface area (Å²) in [5, 5.41) is 0. The zero-order valence-corrected chi connectivity index (χ0v) is 37.3. The van der Waals surface area contributed by atoms with Crippen molar-refractivity contribution in [2.45, 2.75) is 232 Å². The number of unbranched alkanes of at least 4 members (excludes halogenated alkanes) is 27. The number of esters is 2. The molecule has 0 aliphatic rings. The first-order chi connectivity index (χ1) is 27.3. The monoisotopic (exact) mass is 814 g/mol. The van der Waals surface area contributed by atoms with Crippen LogP contribution in [0.1, 0.15) is 226 Å². The van der Waals surface area contributed by atoms with E-state index in [1.54, 1.807) is 0 Å². The molecule has 10 heteroatoms. The molecule has 330 valence electrons. The van der Waals surface area contributed by atoms with Crippen molar-refractivity contribution in [3.05, 3.63) is 24.3 Å². The van der Waals surface area contributed by atoms with Crippen molar-refractivity contribution >= 4 is 19.8 Å². The maximum Gasteiger partial charge on any atom is 0.472 e. The molecule has 0 aliphatic carbocycles. The summed E-state index contributed by atoms with van der Waals surface area (Å²) in [7, 11) is -4.37. The molecule has 0 saturated carbocycles. The van der Waals surface area contributed by atoms with E-state index in [4.69, 9.17) is 24.3 Å². The molecule has 9 nitrogen and oxygen atoms in total. The molecular formula is C46H88NO8P. The predicted molar refractivity (Wildman–Crippen MR) is 234 cm³/mol. The second-order valence-corrected chi connectivity index (χ2v) is 17.1. The normalized spacial score (nSPS) is 13.4. The van der Waals surface area contributed by atoms with Crippen LogP contribution in [0.4, 0.5) is 0 Å². The molecule has 0 aromatic carbocycles. The largest absolute Gasteiger partial charge is 0.472 e. The highest BCUT2D eigenvalue weighted by Crippen LogP contribution is 2.43. The van der Waals surface area contributed by atoms with Crippen molar-refractivity contribution in [3.63, 3.8) is 0 Å². The average molecular weight is 814 g/mol. The van der Waals surface area contributed by atoms with Crippen LogP contribution in [-0.2, 0) is 32.7 Å². The smallest absolute Gasteiger partial charge is 0.462 e. The van der Waals surface area contributed by atoms with Crippen molar-refractivity contribution in [1.29, 1.82) is 0 Å². The van der Waals surface area contributed by atoms with Gasteiger partial charge in [-0.2, -0.15) is 0 Å². The highest BCUT2D eigenvalue weighted by molar-refractivity contribution is 7.47. The summed E-state index contributed by atoms with van der Waals surface area (Å²) in [5.41, 5.74) is 5.35. The molecule has 0 bridgehead atoms. The van der Waals surface area contributed by atoms with Gasteiger partial charge < -0.3 is 20.1 Å². The Morgan fingerprint density at radius 3 is 1.34 bits per heavy atom. The van der Waals surface area contributed by atoms with Crippen LogP contribution in [0.3, 0.4) is 0 Å². The highest BCUT2D eigenvalue weighted by atomic mass is 31.2. The maximum atomic E-state index is 12.6. The van der Waals surface area contributed by atoms with Crippen LogP contribution in [0, 0.1) is 0 Å². The molecule has 0 saturated heterocycles. The molecule has 0 aromatic heterocycles. The van der Waals surface area contributed by atoms with Gasteiger partial charge in [-0.3, -0.25) is 18.6 Å². The lowest BCUT2D eigenvalue weighted by Gasteiger charge is -2.19. The molecule has 0 spiro atoms. The van der Waals surface area contributed by atoms with Crippen molar-refractivity contribution in [3.8, 4) is 0 Å². The van der Waals surface area contributed by atoms with E-state index >= 15 is 0 Å². The van der Waals surface area contributed by atoms with Crippen LogP contribution in [-0.4, -0.2) is 49.3 Å². The lowest BCUT2D eigenvalue weighted by atomic mass is 10.0. The quantitative estimate of drug-likeness (QED) is 0.0267. The van der Waals surface area contributed by atoms with Crippen LogP contribution < -0.4 is 5.73 Å². The molecule has 2 unspecified atom stereocenters. The topological polar surface area (TPSA) is 134 Å². The second-order valence-electron chi connectivity index (χ2n) is 15.6. The van der Waals surface area contributed by atoms with Gasteiger partial charge in [0.05, 0.1) is 13.2 Å². The predicted octanol–water partition coefficient (Wildman–Crippen LogP) is 13.6. The first kappa shape index (κ1) is 54.5. The van der Waals surface area contributed by atoms with Gasteiger partial charge in [-0.25, -0.2) is 4.57 Å². The Labute approximate surface area is 344 Å². The van der Waals surface area contributed by atoms with Crippen LogP contribution in [0.25, 0.3) is 0 Å². The molecule has 0 fully saturated rings. The number of allylic oxidation sites excluding steroid dienone is 4. The van der Waals surface area contributed by atoms with E-state index < -0.39 is 32.5 Å². The van der Waals surface area contributed by atoms with Crippen molar-refractivity contribution in [1.82, 2.24) is 0 Å². The second kappa shape index (κ2) is 43.1. The summed E-state index contributed by atoms with van der Waals surface area (Å²) in [6.45, 7) is 3.68. The Bertz CT molecular complexity index is 975. The average Bonchev–Trinajstić information content (AvgIpc) is 3.18. The van der Waals surface area contributed by atoms with Gasteiger partial charge in [0.1, 0.15) is 6.61 Å². The van der Waals surface area contributed by atoms with Gasteiger partial charge in [0.2, 0.25) is 0 Å². The minimum atomic E-state index is -4.37. The summed E-state index contributed by atoms with van der Waals surface area (Å²) < 4.78 is 32.7. The maximum absolute atomic E-state index is 12.6. The van der Waals surface area contributed by atoms with E-state index in [0.29, 0.717) is 6.42 Å². The Kier molecular flexibility index (Phi) is 41.9. The first-order valence-corrected chi connectivity index (χ1v) is 24.8. The fourth-order valence-electron chi connectivity index (χ4n) is 6.57. The molecule has 3 N–H and O–H groups in total. The summed E-state index contributed by atoms with van der Waals surface area (Å²) in [6, 6.07) is 0. The molecule has 0 aliphatic heterocycles. The van der Waals surface area contributed by atoms with Crippen molar-refractivity contribution < 1.29 is 37.6 Å². The van der Waals surface area contributed by atoms with Gasteiger partial charge in [0.15, 0.2) is 6.10 Å². The fourth-order valence-corrected chi connectivity index (χ4v) is 7.34. The Hall–Kier alpha value is -1.51. The summed E-state index contributed by atoms with van der Waals surface area (Å²) in [4.78, 5) is 34.8. The Morgan fingerprint density at radius 1 is 0.518 bits per heavy atom. The molecule has 0 rings (SSSR count). The number of carbonyl (C=O) groups excluding carboxylic acids is 2. The SMILES string of the molecule is CCC/C=C\CCCCCCCC(=O)OCC(COP(=O)(O)OCCN)OC(=O)CCCCCCCCCCCCCCC/C=C\CCCCCCCCCC. The third kappa shape index (κ3) is 42.1. The van der Waals surface area contributed by atoms with Crippen molar-refractivity contribution in [2.24, 2.45) is 5.73 Å². The van der Waals surface area contributed by atoms with Crippen LogP contribution in [0.2, 0.25) is 0 Å². The molecule has 0 radical (unpaired) electrons. The molecule has 0 amide bonds. The Morgan fingerprint density at radius 2 is 0.911 bits per heavy atom. The Balaban J connectivity index is 3.96. The number of hydrogen-bond acceptors (Lipinski definition) is 8. The first-order valence-electron chi connectivity index (χ1n) is 23.3. The van der Waals surface area contributed by atoms with Gasteiger partial charge >= 0.3 is 19.8 Å². The zero-order valence-electron chi connectivity index (χ0n) is 36.4. The molecule has 56 heavy (non-hydrogen) atoms. The minimum absolute atomic E-state index is 0.0536. The van der Waals surface area contributed by atoms with E-state index in [-0.39, 0.29) is 32.6 Å². The third-order valence-corrected chi connectivity index (χ3v) is 11.0. The fraction of sp³-hybridized carbons (Fsp3) is 0.870. The van der Waals surface area contributed by atoms with Crippen LogP contribution in [0.15, 0.2) is 24.3 Å². The van der Waals surface area contributed by atoms with E-state index in [1.165, 1.54) is 135 Å². The number of phosphoric ester groups is 1. The number of phosphoric acid groups is 1. The zero-order chi connectivity index (χ0) is 41.1. The van der Waals surface area contributed by atoms with Gasteiger partial charge in [0, 0.05) is 19.4 Å². The highest BCUT2D eigenvalue weighted by Gasteiger charge is 2.26. The van der Waals surface area contributed by atoms with Gasteiger partial charge in [-0.15, -0.1) is 0 Å². The summed E-state index contributed by atoms with van der Waals surface area (Å²) in [5.74, 6) is -0.835. The van der Waals surface area contributed by atoms with Crippen LogP contribution in [0.5, 0.6) is 0 Å². The standard InChI is InChI=1S/C46H88NO8P/c1-3-5-7-9-11-13-15-16-17-18-19-20-21-22-23-24-25-26-27-28-29-31-33-35-37-39-46(49)55-44(43-54-56(50,51)53-41-40-47)42-52-45(48)38-36-34-32-30-14-12-10-8-6-4-2/h8,10,18-19,44H,3-7,9,11-17,20-43,47H2,1-2H3,(H,50,51)/b10-8-,19-18-. The number of hydrogen-bond donors (Lipinski definition) is 2. The molecular weight excluding hydrogens is 725 g/mol. The van der Waals surface area contributed by atoms with Crippen molar-refractivity contribution in [2.75, 3.05) is 26.4 Å². The van der Waals surface area contributed by atoms with Gasteiger partial charge in [-0.05, 0) is 57.8 Å². The van der Waals surface area contributed by atoms with E-state index in [1.807, 2.05) is 0 Å². The molecule has 0 heterocycles. The van der Waals surface area contributed by atoms with Gasteiger partial charge in [-0.1, -0.05) is 179 Å². The van der Waals surface area contributed by atoms with E-state index in [2.05, 4.69) is 38.2 Å². The lowest BCUT2D eigenvalue weighted by molar-refractivity contribution is -0.161. The summed E-state index contributed by atoms with van der Waals surface area (Å²) in [6.07, 6.45) is 46.6. The van der Waals surface area contributed by atoms with E-state index in [9.17, 15) is 19.0 Å². The number of carbonyl (C=O) groups is 2. The minimum Gasteiger partial charge on any atom is -0.462 e. The molecule has 2 atom stereocenters.